The average molecular weight is 352 g/mol. The minimum absolute atomic E-state index is 0.130. The largest absolute Gasteiger partial charge is 0.383 e. The second-order valence-electron chi connectivity index (χ2n) is 3.85. The third-order valence-electron chi connectivity index (χ3n) is 2.48. The van der Waals surface area contributed by atoms with Crippen LogP contribution in [0.2, 0.25) is 5.02 Å². The van der Waals surface area contributed by atoms with Crippen molar-refractivity contribution in [3.05, 3.63) is 51.1 Å². The van der Waals surface area contributed by atoms with E-state index in [2.05, 4.69) is 26.2 Å². The summed E-state index contributed by atoms with van der Waals surface area (Å²) in [6.45, 7) is 0. The predicted octanol–water partition coefficient (Wildman–Crippen LogP) is 3.20. The Morgan fingerprint density at radius 3 is 2.85 bits per heavy atom. The second kappa shape index (κ2) is 5.90. The molecule has 0 radical (unpaired) electrons. The summed E-state index contributed by atoms with van der Waals surface area (Å²) in [7, 11) is 0. The molecule has 0 fully saturated rings. The third kappa shape index (κ3) is 3.07. The molecule has 2 rings (SSSR count). The van der Waals surface area contributed by atoms with Gasteiger partial charge in [0.05, 0.1) is 16.1 Å². The fraction of sp³-hybridized carbons (Fsp3) is 0. The molecule has 1 heterocycles. The summed E-state index contributed by atoms with van der Waals surface area (Å²) < 4.78 is 0.648. The van der Waals surface area contributed by atoms with Crippen molar-refractivity contribution in [1.82, 2.24) is 4.98 Å². The van der Waals surface area contributed by atoms with E-state index in [9.17, 15) is 4.79 Å². The predicted molar refractivity (Wildman–Crippen MR) is 80.5 cm³/mol. The van der Waals surface area contributed by atoms with E-state index in [0.29, 0.717) is 15.7 Å². The summed E-state index contributed by atoms with van der Waals surface area (Å²) in [5.41, 5.74) is 6.72. The van der Waals surface area contributed by atoms with Crippen molar-refractivity contribution < 1.29 is 4.79 Å². The number of amides is 1. The average Bonchev–Trinajstić information content (AvgIpc) is 2.41. The van der Waals surface area contributed by atoms with Gasteiger partial charge in [-0.3, -0.25) is 4.79 Å². The number of hydrogen-bond acceptors (Lipinski definition) is 4. The molecule has 0 saturated heterocycles. The van der Waals surface area contributed by atoms with Crippen molar-refractivity contribution in [3.63, 3.8) is 0 Å². The zero-order valence-electron chi connectivity index (χ0n) is 10.0. The van der Waals surface area contributed by atoms with Crippen LogP contribution in [0.1, 0.15) is 15.9 Å². The van der Waals surface area contributed by atoms with Crippen LogP contribution in [0.15, 0.2) is 34.9 Å². The highest BCUT2D eigenvalue weighted by Gasteiger charge is 2.12. The number of halogens is 2. The van der Waals surface area contributed by atoms with Crippen LogP contribution < -0.4 is 11.1 Å². The molecule has 0 aliphatic carbocycles. The molecule has 0 unspecified atom stereocenters. The number of nitriles is 1. The van der Waals surface area contributed by atoms with Gasteiger partial charge in [0, 0.05) is 16.4 Å². The lowest BCUT2D eigenvalue weighted by atomic mass is 10.2. The quantitative estimate of drug-likeness (QED) is 0.869. The van der Waals surface area contributed by atoms with Gasteiger partial charge in [0.2, 0.25) is 0 Å². The summed E-state index contributed by atoms with van der Waals surface area (Å²) in [5.74, 6) is -0.275. The van der Waals surface area contributed by atoms with E-state index in [1.807, 2.05) is 6.07 Å². The number of carbonyl (C=O) groups is 1. The number of rotatable bonds is 2. The van der Waals surface area contributed by atoms with E-state index in [-0.39, 0.29) is 16.4 Å². The molecule has 2 aromatic rings. The maximum absolute atomic E-state index is 12.1. The summed E-state index contributed by atoms with van der Waals surface area (Å²) in [6, 6.07) is 8.13. The van der Waals surface area contributed by atoms with Crippen molar-refractivity contribution >= 4 is 44.9 Å². The highest BCUT2D eigenvalue weighted by Crippen LogP contribution is 2.22. The molecule has 0 aliphatic heterocycles. The van der Waals surface area contributed by atoms with Crippen molar-refractivity contribution in [2.75, 3.05) is 11.1 Å². The van der Waals surface area contributed by atoms with Gasteiger partial charge in [-0.05, 0) is 40.2 Å². The van der Waals surface area contributed by atoms with Gasteiger partial charge in [-0.1, -0.05) is 11.6 Å². The molecule has 1 aromatic heterocycles. The Hall–Kier alpha value is -2.10. The summed E-state index contributed by atoms with van der Waals surface area (Å²) >= 11 is 9.12. The lowest BCUT2D eigenvalue weighted by Crippen LogP contribution is -2.15. The zero-order valence-corrected chi connectivity index (χ0v) is 12.4. The molecule has 20 heavy (non-hydrogen) atoms. The summed E-state index contributed by atoms with van der Waals surface area (Å²) in [4.78, 5) is 16.0. The monoisotopic (exact) mass is 350 g/mol. The van der Waals surface area contributed by atoms with E-state index < -0.39 is 5.91 Å². The highest BCUT2D eigenvalue weighted by molar-refractivity contribution is 9.10. The molecule has 5 nitrogen and oxygen atoms in total. The number of nitrogens with two attached hydrogens (primary N) is 1. The number of carbonyl (C=O) groups excluding carboxylic acids is 1. The Bertz CT molecular complexity index is 727. The molecular formula is C13H8BrClN4O. The Morgan fingerprint density at radius 1 is 1.45 bits per heavy atom. The number of nitrogen functional groups attached to an aromatic ring is 1. The number of hydrogen-bond donors (Lipinski definition) is 2. The fourth-order valence-electron chi connectivity index (χ4n) is 1.51. The van der Waals surface area contributed by atoms with Gasteiger partial charge in [-0.25, -0.2) is 4.98 Å². The maximum Gasteiger partial charge on any atom is 0.259 e. The smallest absolute Gasteiger partial charge is 0.259 e. The molecule has 0 aliphatic rings. The summed E-state index contributed by atoms with van der Waals surface area (Å²) in [5, 5.41) is 11.7. The maximum atomic E-state index is 12.1. The molecule has 0 bridgehead atoms. The summed E-state index contributed by atoms with van der Waals surface area (Å²) in [6.07, 6.45) is 1.50. The fourth-order valence-corrected chi connectivity index (χ4v) is 2.07. The van der Waals surface area contributed by atoms with Gasteiger partial charge in [0.15, 0.2) is 0 Å². The van der Waals surface area contributed by atoms with Crippen LogP contribution in [0, 0.1) is 11.3 Å². The van der Waals surface area contributed by atoms with Gasteiger partial charge >= 0.3 is 0 Å². The Kier molecular flexibility index (Phi) is 4.23. The molecule has 7 heteroatoms. The minimum Gasteiger partial charge on any atom is -0.383 e. The van der Waals surface area contributed by atoms with Gasteiger partial charge < -0.3 is 11.1 Å². The first kappa shape index (κ1) is 14.3. The van der Waals surface area contributed by atoms with Crippen molar-refractivity contribution in [2.24, 2.45) is 0 Å². The van der Waals surface area contributed by atoms with Crippen LogP contribution in [0.4, 0.5) is 11.5 Å². The molecule has 0 spiro atoms. The van der Waals surface area contributed by atoms with Gasteiger partial charge in [-0.2, -0.15) is 5.26 Å². The van der Waals surface area contributed by atoms with Crippen LogP contribution >= 0.6 is 27.5 Å². The molecule has 1 aromatic carbocycles. The lowest BCUT2D eigenvalue weighted by molar-refractivity contribution is 0.102. The van der Waals surface area contributed by atoms with E-state index in [4.69, 9.17) is 22.6 Å². The molecular weight excluding hydrogens is 344 g/mol. The first-order valence-corrected chi connectivity index (χ1v) is 6.60. The first-order valence-electron chi connectivity index (χ1n) is 5.43. The van der Waals surface area contributed by atoms with Crippen molar-refractivity contribution in [3.8, 4) is 6.07 Å². The van der Waals surface area contributed by atoms with E-state index in [1.165, 1.54) is 18.3 Å². The van der Waals surface area contributed by atoms with Crippen LogP contribution in [0.25, 0.3) is 0 Å². The molecule has 1 amide bonds. The molecule has 3 N–H and O–H groups in total. The van der Waals surface area contributed by atoms with E-state index in [1.54, 1.807) is 12.1 Å². The van der Waals surface area contributed by atoms with Crippen LogP contribution in [0.5, 0.6) is 0 Å². The number of nitrogens with one attached hydrogen (secondary N) is 1. The second-order valence-corrected chi connectivity index (χ2v) is 5.17. The van der Waals surface area contributed by atoms with Crippen LogP contribution in [0.3, 0.4) is 0 Å². The van der Waals surface area contributed by atoms with Gasteiger partial charge in [-0.15, -0.1) is 0 Å². The number of aromatic nitrogens is 1. The number of nitrogens with zero attached hydrogens (tertiary/aromatic N) is 2. The van der Waals surface area contributed by atoms with E-state index >= 15 is 0 Å². The highest BCUT2D eigenvalue weighted by atomic mass is 79.9. The lowest BCUT2D eigenvalue weighted by Gasteiger charge is -2.08. The van der Waals surface area contributed by atoms with Crippen molar-refractivity contribution in [1.29, 1.82) is 5.26 Å². The van der Waals surface area contributed by atoms with Crippen LogP contribution in [-0.4, -0.2) is 10.9 Å². The van der Waals surface area contributed by atoms with Gasteiger partial charge in [0.1, 0.15) is 11.9 Å². The zero-order chi connectivity index (χ0) is 14.7. The van der Waals surface area contributed by atoms with Crippen molar-refractivity contribution in [2.45, 2.75) is 0 Å². The molecule has 0 saturated carbocycles. The number of pyridine rings is 1. The van der Waals surface area contributed by atoms with E-state index in [0.717, 1.165) is 0 Å². The molecule has 100 valence electrons. The van der Waals surface area contributed by atoms with Crippen LogP contribution in [-0.2, 0) is 0 Å². The number of benzene rings is 1. The topological polar surface area (TPSA) is 91.8 Å². The van der Waals surface area contributed by atoms with Gasteiger partial charge in [0.25, 0.3) is 5.91 Å². The normalized spacial score (nSPS) is 9.85. The Labute approximate surface area is 128 Å². The standard InChI is InChI=1S/C13H8BrClN4O/c14-8-3-10(12(17)18-6-8)13(20)19-9-2-1-7(5-16)11(15)4-9/h1-4,6H,(H2,17,18)(H,19,20). The first-order chi connectivity index (χ1) is 9.51. The SMILES string of the molecule is N#Cc1ccc(NC(=O)c2cc(Br)cnc2N)cc1Cl. The minimum atomic E-state index is -0.405. The Morgan fingerprint density at radius 2 is 2.20 bits per heavy atom. The molecule has 0 atom stereocenters. The Balaban J connectivity index is 2.26. The third-order valence-corrected chi connectivity index (χ3v) is 3.22. The number of anilines is 2.